The van der Waals surface area contributed by atoms with Gasteiger partial charge in [0, 0.05) is 11.9 Å². The molecule has 0 aromatic carbocycles. The molecule has 0 saturated heterocycles. The number of nitrogen functional groups attached to an aromatic ring is 1. The Labute approximate surface area is 113 Å². The van der Waals surface area contributed by atoms with Gasteiger partial charge in [0.05, 0.1) is 11.0 Å². The van der Waals surface area contributed by atoms with Crippen molar-refractivity contribution in [2.75, 3.05) is 17.7 Å². The molecule has 2 aromatic rings. The lowest BCUT2D eigenvalue weighted by Gasteiger charge is -2.24. The van der Waals surface area contributed by atoms with Gasteiger partial charge in [0.15, 0.2) is 0 Å². The molecule has 0 bridgehead atoms. The molecule has 2 rings (SSSR count). The number of nitro groups is 1. The molecule has 2 aromatic heterocycles. The minimum atomic E-state index is -0.508. The van der Waals surface area contributed by atoms with Crippen LogP contribution in [0.2, 0.25) is 0 Å². The Bertz CT molecular complexity index is 587. The predicted octanol–water partition coefficient (Wildman–Crippen LogP) is 2.23. The van der Waals surface area contributed by atoms with Gasteiger partial charge in [-0.2, -0.15) is 4.98 Å². The van der Waals surface area contributed by atoms with Crippen molar-refractivity contribution < 1.29 is 4.92 Å². The minimum absolute atomic E-state index is 0.0193. The number of hydrogen-bond acceptors (Lipinski definition) is 7. The monoisotopic (exact) mass is 279 g/mol. The summed E-state index contributed by atoms with van der Waals surface area (Å²) in [4.78, 5) is 21.0. The van der Waals surface area contributed by atoms with Gasteiger partial charge >= 0.3 is 5.69 Å². The first kappa shape index (κ1) is 13.2. The zero-order valence-corrected chi connectivity index (χ0v) is 11.3. The van der Waals surface area contributed by atoms with Crippen LogP contribution in [0.5, 0.6) is 0 Å². The van der Waals surface area contributed by atoms with Crippen LogP contribution in [0.3, 0.4) is 0 Å². The first-order valence-electron chi connectivity index (χ1n) is 5.54. The van der Waals surface area contributed by atoms with Crippen LogP contribution >= 0.6 is 11.3 Å². The molecule has 1 unspecified atom stereocenters. The van der Waals surface area contributed by atoms with Crippen molar-refractivity contribution in [2.24, 2.45) is 0 Å². The van der Waals surface area contributed by atoms with Crippen molar-refractivity contribution in [1.29, 1.82) is 0 Å². The Morgan fingerprint density at radius 1 is 1.58 bits per heavy atom. The van der Waals surface area contributed by atoms with E-state index in [-0.39, 0.29) is 23.5 Å². The molecule has 0 saturated carbocycles. The third-order valence-corrected chi connectivity index (χ3v) is 3.88. The molecule has 0 aliphatic rings. The van der Waals surface area contributed by atoms with Gasteiger partial charge in [-0.05, 0) is 18.4 Å². The van der Waals surface area contributed by atoms with Crippen LogP contribution in [0.1, 0.15) is 17.8 Å². The van der Waals surface area contributed by atoms with E-state index in [2.05, 4.69) is 9.97 Å². The van der Waals surface area contributed by atoms with E-state index in [1.807, 2.05) is 24.4 Å². The number of aromatic nitrogens is 2. The van der Waals surface area contributed by atoms with E-state index in [0.29, 0.717) is 0 Å². The number of thiophene rings is 1. The van der Waals surface area contributed by atoms with E-state index in [1.54, 1.807) is 23.3 Å². The van der Waals surface area contributed by atoms with Crippen LogP contribution in [-0.4, -0.2) is 21.9 Å². The summed E-state index contributed by atoms with van der Waals surface area (Å²) in [5.41, 5.74) is 5.36. The molecule has 8 heteroatoms. The van der Waals surface area contributed by atoms with Crippen molar-refractivity contribution in [2.45, 2.75) is 13.0 Å². The molecule has 0 radical (unpaired) electrons. The first-order chi connectivity index (χ1) is 9.00. The first-order valence-corrected chi connectivity index (χ1v) is 6.41. The summed E-state index contributed by atoms with van der Waals surface area (Å²) in [6.07, 6.45) is 1.13. The van der Waals surface area contributed by atoms with E-state index in [9.17, 15) is 10.1 Å². The van der Waals surface area contributed by atoms with Gasteiger partial charge in [-0.15, -0.1) is 11.3 Å². The molecular formula is C11H13N5O2S. The van der Waals surface area contributed by atoms with E-state index in [1.165, 1.54) is 0 Å². The second kappa shape index (κ2) is 5.19. The Hall–Kier alpha value is -2.22. The molecule has 100 valence electrons. The van der Waals surface area contributed by atoms with Crippen LogP contribution in [0.25, 0.3) is 0 Å². The van der Waals surface area contributed by atoms with Crippen molar-refractivity contribution >= 4 is 28.8 Å². The van der Waals surface area contributed by atoms with Gasteiger partial charge in [0.1, 0.15) is 6.20 Å². The zero-order chi connectivity index (χ0) is 14.0. The maximum Gasteiger partial charge on any atom is 0.329 e. The highest BCUT2D eigenvalue weighted by atomic mass is 32.1. The van der Waals surface area contributed by atoms with Crippen molar-refractivity contribution in [3.63, 3.8) is 0 Å². The summed E-state index contributed by atoms with van der Waals surface area (Å²) in [7, 11) is 1.75. The highest BCUT2D eigenvalue weighted by Gasteiger charge is 2.24. The molecular weight excluding hydrogens is 266 g/mol. The fraction of sp³-hybridized carbons (Fsp3) is 0.273. The molecule has 7 nitrogen and oxygen atoms in total. The number of nitrogens with zero attached hydrogens (tertiary/aromatic N) is 4. The van der Waals surface area contributed by atoms with Crippen molar-refractivity contribution in [3.8, 4) is 0 Å². The molecule has 0 spiro atoms. The Balaban J connectivity index is 2.40. The molecule has 19 heavy (non-hydrogen) atoms. The Morgan fingerprint density at radius 3 is 2.89 bits per heavy atom. The lowest BCUT2D eigenvalue weighted by atomic mass is 10.2. The average molecular weight is 279 g/mol. The molecule has 1 atom stereocenters. The molecule has 0 fully saturated rings. The van der Waals surface area contributed by atoms with E-state index >= 15 is 0 Å². The summed E-state index contributed by atoms with van der Waals surface area (Å²) >= 11 is 1.59. The second-order valence-electron chi connectivity index (χ2n) is 4.00. The third kappa shape index (κ3) is 2.63. The van der Waals surface area contributed by atoms with Gasteiger partial charge in [-0.25, -0.2) is 4.98 Å². The quantitative estimate of drug-likeness (QED) is 0.680. The summed E-state index contributed by atoms with van der Waals surface area (Å²) in [5.74, 6) is 0.240. The van der Waals surface area contributed by atoms with Gasteiger partial charge < -0.3 is 10.6 Å². The molecule has 0 aliphatic heterocycles. The third-order valence-electron chi connectivity index (χ3n) is 2.84. The molecule has 2 heterocycles. The standard InChI is InChI=1S/C11H13N5O2S/c1-7(9-4-3-5-19-9)15(2)10-8(16(17)18)6-13-11(12)14-10/h3-7H,1-2H3,(H2,12,13,14). The summed E-state index contributed by atoms with van der Waals surface area (Å²) in [5, 5.41) is 13.0. The smallest absolute Gasteiger partial charge is 0.329 e. The maximum atomic E-state index is 11.0. The Morgan fingerprint density at radius 2 is 2.32 bits per heavy atom. The highest BCUT2D eigenvalue weighted by molar-refractivity contribution is 7.10. The lowest BCUT2D eigenvalue weighted by Crippen LogP contribution is -2.23. The Kier molecular flexibility index (Phi) is 3.61. The lowest BCUT2D eigenvalue weighted by molar-refractivity contribution is -0.384. The highest BCUT2D eigenvalue weighted by Crippen LogP contribution is 2.32. The number of rotatable bonds is 4. The van der Waals surface area contributed by atoms with Crippen LogP contribution < -0.4 is 10.6 Å². The fourth-order valence-electron chi connectivity index (χ4n) is 1.67. The fourth-order valence-corrected chi connectivity index (χ4v) is 2.50. The number of anilines is 2. The SMILES string of the molecule is CC(c1cccs1)N(C)c1nc(N)ncc1[N+](=O)[O-]. The van der Waals surface area contributed by atoms with Crippen LogP contribution in [0.4, 0.5) is 17.5 Å². The minimum Gasteiger partial charge on any atom is -0.368 e. The van der Waals surface area contributed by atoms with Crippen molar-refractivity contribution in [1.82, 2.24) is 9.97 Å². The van der Waals surface area contributed by atoms with Gasteiger partial charge in [0.25, 0.3) is 0 Å². The summed E-state index contributed by atoms with van der Waals surface area (Å²) in [6.45, 7) is 1.95. The van der Waals surface area contributed by atoms with E-state index in [0.717, 1.165) is 11.1 Å². The topological polar surface area (TPSA) is 98.2 Å². The summed E-state index contributed by atoms with van der Waals surface area (Å²) < 4.78 is 0. The van der Waals surface area contributed by atoms with Crippen LogP contribution in [0.15, 0.2) is 23.7 Å². The van der Waals surface area contributed by atoms with Crippen molar-refractivity contribution in [3.05, 3.63) is 38.7 Å². The summed E-state index contributed by atoms with van der Waals surface area (Å²) in [6, 6.07) is 3.88. The zero-order valence-electron chi connectivity index (χ0n) is 10.5. The molecule has 2 N–H and O–H groups in total. The van der Waals surface area contributed by atoms with Gasteiger partial charge in [-0.1, -0.05) is 6.07 Å². The number of hydrogen-bond donors (Lipinski definition) is 1. The number of nitrogens with two attached hydrogens (primary N) is 1. The average Bonchev–Trinajstić information content (AvgIpc) is 2.90. The molecule has 0 amide bonds. The normalized spacial score (nSPS) is 12.1. The second-order valence-corrected chi connectivity index (χ2v) is 4.98. The van der Waals surface area contributed by atoms with Gasteiger partial charge in [-0.3, -0.25) is 10.1 Å². The van der Waals surface area contributed by atoms with E-state index in [4.69, 9.17) is 5.73 Å². The maximum absolute atomic E-state index is 11.0. The largest absolute Gasteiger partial charge is 0.368 e. The van der Waals surface area contributed by atoms with Crippen LogP contribution in [-0.2, 0) is 0 Å². The predicted molar refractivity (Wildman–Crippen MR) is 74.2 cm³/mol. The van der Waals surface area contributed by atoms with Gasteiger partial charge in [0.2, 0.25) is 11.8 Å². The van der Waals surface area contributed by atoms with Crippen LogP contribution in [0, 0.1) is 10.1 Å². The molecule has 0 aliphatic carbocycles. The van der Waals surface area contributed by atoms with E-state index < -0.39 is 4.92 Å².